The highest BCUT2D eigenvalue weighted by molar-refractivity contribution is 9.10. The summed E-state index contributed by atoms with van der Waals surface area (Å²) in [6, 6.07) is 7.15. The number of esters is 1. The van der Waals surface area contributed by atoms with Gasteiger partial charge in [-0.3, -0.25) is 19.3 Å². The Morgan fingerprint density at radius 1 is 1.18 bits per heavy atom. The minimum atomic E-state index is -0.453. The van der Waals surface area contributed by atoms with Gasteiger partial charge in [0.1, 0.15) is 6.54 Å². The van der Waals surface area contributed by atoms with Gasteiger partial charge in [-0.05, 0) is 62.5 Å². The van der Waals surface area contributed by atoms with Crippen molar-refractivity contribution in [3.63, 3.8) is 0 Å². The van der Waals surface area contributed by atoms with Crippen molar-refractivity contribution in [2.75, 3.05) is 23.4 Å². The number of carbonyl (C=O) groups excluding carboxylic acids is 3. The van der Waals surface area contributed by atoms with Gasteiger partial charge in [-0.25, -0.2) is 0 Å². The normalized spacial score (nSPS) is 35.3. The third kappa shape index (κ3) is 2.95. The fraction of sp³-hybridized carbons (Fsp3) is 0.571. The van der Waals surface area contributed by atoms with Crippen molar-refractivity contribution in [2.24, 2.45) is 17.3 Å². The second kappa shape index (κ2) is 6.31. The number of nitrogens with one attached hydrogen (secondary N) is 1. The van der Waals surface area contributed by atoms with Gasteiger partial charge in [0.25, 0.3) is 5.91 Å². The van der Waals surface area contributed by atoms with Crippen LogP contribution in [0.2, 0.25) is 0 Å². The molecule has 28 heavy (non-hydrogen) atoms. The van der Waals surface area contributed by atoms with Crippen LogP contribution in [0.15, 0.2) is 24.3 Å². The van der Waals surface area contributed by atoms with E-state index in [1.807, 2.05) is 6.07 Å². The fourth-order valence-electron chi connectivity index (χ4n) is 6.20. The van der Waals surface area contributed by atoms with Gasteiger partial charge in [0.05, 0.1) is 16.8 Å². The monoisotopic (exact) mass is 446 g/mol. The summed E-state index contributed by atoms with van der Waals surface area (Å²) in [6.45, 7) is -0.389. The summed E-state index contributed by atoms with van der Waals surface area (Å²) in [5, 5.41) is 2.76. The smallest absolute Gasteiger partial charge is 0.312 e. The van der Waals surface area contributed by atoms with E-state index < -0.39 is 5.41 Å². The summed E-state index contributed by atoms with van der Waals surface area (Å²) in [5.74, 6) is 0.284. The number of hydrogen-bond donors (Lipinski definition) is 1. The molecular weight excluding hydrogens is 424 g/mol. The molecule has 4 aliphatic carbocycles. The standard InChI is InChI=1S/C21H23BrN2O4/c22-21-8-13-5-14(9-21)7-20(6-13,12-21)19(27)28-11-18(26)24-10-17(25)23-15-3-1-2-4-16(15)24/h1-4,13-14H,5-12H2,(H,23,25). The van der Waals surface area contributed by atoms with Gasteiger partial charge in [0.15, 0.2) is 6.61 Å². The van der Waals surface area contributed by atoms with Crippen molar-refractivity contribution in [1.82, 2.24) is 0 Å². The van der Waals surface area contributed by atoms with Crippen LogP contribution >= 0.6 is 15.9 Å². The number of para-hydroxylation sites is 2. The van der Waals surface area contributed by atoms with E-state index in [0.717, 1.165) is 32.1 Å². The summed E-state index contributed by atoms with van der Waals surface area (Å²) in [5.41, 5.74) is 0.781. The molecule has 0 radical (unpaired) electrons. The Hall–Kier alpha value is -1.89. The first-order valence-corrected chi connectivity index (χ1v) is 10.7. The summed E-state index contributed by atoms with van der Waals surface area (Å²) >= 11 is 3.90. The maximum absolute atomic E-state index is 13.0. The number of amides is 2. The number of benzene rings is 1. The van der Waals surface area contributed by atoms with Crippen molar-refractivity contribution in [3.8, 4) is 0 Å². The molecule has 1 aromatic carbocycles. The number of hydrogen-bond acceptors (Lipinski definition) is 4. The molecule has 0 saturated heterocycles. The lowest BCUT2D eigenvalue weighted by Gasteiger charge is -2.58. The van der Waals surface area contributed by atoms with Crippen LogP contribution in [0.5, 0.6) is 0 Å². The highest BCUT2D eigenvalue weighted by atomic mass is 79.9. The lowest BCUT2D eigenvalue weighted by Crippen LogP contribution is -2.56. The minimum Gasteiger partial charge on any atom is -0.455 e. The number of alkyl halides is 1. The molecule has 1 aliphatic heterocycles. The van der Waals surface area contributed by atoms with E-state index >= 15 is 0 Å². The fourth-order valence-corrected chi connectivity index (χ4v) is 7.66. The highest BCUT2D eigenvalue weighted by Crippen LogP contribution is 2.64. The number of ether oxygens (including phenoxy) is 1. The summed E-state index contributed by atoms with van der Waals surface area (Å²) in [7, 11) is 0. The molecule has 6 nitrogen and oxygen atoms in total. The van der Waals surface area contributed by atoms with Crippen molar-refractivity contribution in [3.05, 3.63) is 24.3 Å². The van der Waals surface area contributed by atoms with Gasteiger partial charge in [-0.15, -0.1) is 0 Å². The Morgan fingerprint density at radius 3 is 2.61 bits per heavy atom. The van der Waals surface area contributed by atoms with Crippen LogP contribution in [0, 0.1) is 17.3 Å². The predicted octanol–water partition coefficient (Wildman–Crippen LogP) is 3.25. The molecule has 7 heteroatoms. The van der Waals surface area contributed by atoms with Gasteiger partial charge in [-0.1, -0.05) is 28.1 Å². The number of carbonyl (C=O) groups is 3. The second-order valence-corrected chi connectivity index (χ2v) is 10.7. The molecule has 0 spiro atoms. The highest BCUT2D eigenvalue weighted by Gasteiger charge is 2.60. The first-order chi connectivity index (χ1) is 13.4. The molecule has 2 atom stereocenters. The Morgan fingerprint density at radius 2 is 1.89 bits per heavy atom. The summed E-state index contributed by atoms with van der Waals surface area (Å²) in [6.07, 6.45) is 6.03. The van der Waals surface area contributed by atoms with Crippen LogP contribution < -0.4 is 10.2 Å². The molecule has 4 bridgehead atoms. The van der Waals surface area contributed by atoms with Crippen LogP contribution in [0.4, 0.5) is 11.4 Å². The van der Waals surface area contributed by atoms with E-state index in [0.29, 0.717) is 23.2 Å². The van der Waals surface area contributed by atoms with E-state index in [-0.39, 0.29) is 35.3 Å². The Bertz CT molecular complexity index is 856. The molecule has 0 aromatic heterocycles. The minimum absolute atomic E-state index is 0.0595. The van der Waals surface area contributed by atoms with Crippen LogP contribution in [0.25, 0.3) is 0 Å². The van der Waals surface area contributed by atoms with E-state index in [1.54, 1.807) is 18.2 Å². The number of anilines is 2. The van der Waals surface area contributed by atoms with Gasteiger partial charge >= 0.3 is 5.97 Å². The maximum atomic E-state index is 13.0. The lowest BCUT2D eigenvalue weighted by atomic mass is 9.49. The Kier molecular flexibility index (Phi) is 4.09. The molecule has 5 aliphatic rings. The molecule has 1 N–H and O–H groups in total. The molecule has 1 heterocycles. The summed E-state index contributed by atoms with van der Waals surface area (Å²) < 4.78 is 5.61. The molecule has 148 valence electrons. The largest absolute Gasteiger partial charge is 0.455 e. The summed E-state index contributed by atoms with van der Waals surface area (Å²) in [4.78, 5) is 39.1. The third-order valence-electron chi connectivity index (χ3n) is 6.82. The molecular formula is C21H23BrN2O4. The molecule has 2 amide bonds. The molecule has 6 rings (SSSR count). The van der Waals surface area contributed by atoms with Crippen LogP contribution in [-0.4, -0.2) is 35.3 Å². The Balaban J connectivity index is 1.29. The van der Waals surface area contributed by atoms with E-state index in [9.17, 15) is 14.4 Å². The number of halogens is 1. The van der Waals surface area contributed by atoms with E-state index in [4.69, 9.17) is 4.74 Å². The van der Waals surface area contributed by atoms with Crippen LogP contribution in [0.1, 0.15) is 38.5 Å². The van der Waals surface area contributed by atoms with Gasteiger partial charge in [0.2, 0.25) is 5.91 Å². The van der Waals surface area contributed by atoms with E-state index in [2.05, 4.69) is 21.2 Å². The van der Waals surface area contributed by atoms with Gasteiger partial charge < -0.3 is 10.1 Å². The quantitative estimate of drug-likeness (QED) is 0.570. The predicted molar refractivity (Wildman–Crippen MR) is 107 cm³/mol. The average Bonchev–Trinajstić information content (AvgIpc) is 2.63. The van der Waals surface area contributed by atoms with Crippen molar-refractivity contribution >= 4 is 45.1 Å². The first-order valence-electron chi connectivity index (χ1n) is 9.91. The van der Waals surface area contributed by atoms with Crippen molar-refractivity contribution < 1.29 is 19.1 Å². The lowest BCUT2D eigenvalue weighted by molar-refractivity contribution is -0.171. The number of nitrogens with zero attached hydrogens (tertiary/aromatic N) is 1. The molecule has 1 aromatic rings. The third-order valence-corrected chi connectivity index (χ3v) is 7.75. The van der Waals surface area contributed by atoms with Crippen LogP contribution in [-0.2, 0) is 19.1 Å². The maximum Gasteiger partial charge on any atom is 0.312 e. The van der Waals surface area contributed by atoms with Gasteiger partial charge in [0, 0.05) is 4.32 Å². The zero-order valence-corrected chi connectivity index (χ0v) is 17.2. The van der Waals surface area contributed by atoms with Crippen LogP contribution in [0.3, 0.4) is 0 Å². The van der Waals surface area contributed by atoms with Crippen molar-refractivity contribution in [1.29, 1.82) is 0 Å². The number of fused-ring (bicyclic) bond motifs is 1. The molecule has 4 saturated carbocycles. The average molecular weight is 447 g/mol. The van der Waals surface area contributed by atoms with Crippen molar-refractivity contribution in [2.45, 2.75) is 42.8 Å². The zero-order chi connectivity index (χ0) is 19.5. The van der Waals surface area contributed by atoms with E-state index in [1.165, 1.54) is 11.3 Å². The SMILES string of the molecule is O=C1CN(C(=O)COC(=O)C23CC4CC(CC(Br)(C4)C2)C3)c2ccccc2N1. The molecule has 4 fully saturated rings. The number of rotatable bonds is 3. The van der Waals surface area contributed by atoms with Gasteiger partial charge in [-0.2, -0.15) is 0 Å². The Labute approximate surface area is 172 Å². The second-order valence-electron chi connectivity index (χ2n) is 9.01. The molecule has 2 unspecified atom stereocenters. The topological polar surface area (TPSA) is 75.7 Å². The zero-order valence-electron chi connectivity index (χ0n) is 15.6. The first kappa shape index (κ1) is 18.2.